The number of rotatable bonds is 1. The van der Waals surface area contributed by atoms with Crippen molar-refractivity contribution in [1.82, 2.24) is 14.3 Å². The van der Waals surface area contributed by atoms with E-state index in [1.54, 1.807) is 6.20 Å². The predicted octanol–water partition coefficient (Wildman–Crippen LogP) is 2.16. The third-order valence-electron chi connectivity index (χ3n) is 3.12. The van der Waals surface area contributed by atoms with Gasteiger partial charge in [0.2, 0.25) is 0 Å². The van der Waals surface area contributed by atoms with Crippen LogP contribution in [0.5, 0.6) is 0 Å². The molecule has 2 aromatic heterocycles. The van der Waals surface area contributed by atoms with Gasteiger partial charge in [-0.3, -0.25) is 4.68 Å². The molecule has 3 aromatic rings. The van der Waals surface area contributed by atoms with Crippen LogP contribution in [0.4, 0.5) is 5.69 Å². The number of hydrogen-bond acceptors (Lipinski definition) is 2. The number of aromatic nitrogens is 3. The number of nitrogen functional groups attached to an aromatic ring is 1. The molecule has 0 unspecified atom stereocenters. The molecule has 0 aliphatic carbocycles. The summed E-state index contributed by atoms with van der Waals surface area (Å²) in [6.45, 7) is 0. The normalized spacial score (nSPS) is 11.2. The minimum atomic E-state index is 0.712. The summed E-state index contributed by atoms with van der Waals surface area (Å²) in [6.07, 6.45) is 3.79. The smallest absolute Gasteiger partial charge is 0.0930 e. The minimum absolute atomic E-state index is 0.712. The van der Waals surface area contributed by atoms with Gasteiger partial charge in [0.25, 0.3) is 0 Å². The van der Waals surface area contributed by atoms with Crippen molar-refractivity contribution in [2.24, 2.45) is 14.1 Å². The second-order valence-electron chi connectivity index (χ2n) is 4.24. The summed E-state index contributed by atoms with van der Waals surface area (Å²) in [5, 5.41) is 5.39. The maximum Gasteiger partial charge on any atom is 0.0930 e. The van der Waals surface area contributed by atoms with Gasteiger partial charge in [0.15, 0.2) is 0 Å². The van der Waals surface area contributed by atoms with Crippen LogP contribution in [0, 0.1) is 0 Å². The van der Waals surface area contributed by atoms with Gasteiger partial charge >= 0.3 is 0 Å². The van der Waals surface area contributed by atoms with Crippen LogP contribution in [0.1, 0.15) is 0 Å². The molecule has 2 N–H and O–H groups in total. The molecule has 0 spiro atoms. The van der Waals surface area contributed by atoms with Crippen LogP contribution < -0.4 is 5.73 Å². The Kier molecular flexibility index (Phi) is 1.98. The fourth-order valence-corrected chi connectivity index (χ4v) is 2.31. The molecule has 4 nitrogen and oxygen atoms in total. The molecule has 0 aliphatic rings. The van der Waals surface area contributed by atoms with Crippen molar-refractivity contribution >= 4 is 16.6 Å². The molecular formula is C13H14N4. The molecule has 1 aromatic carbocycles. The largest absolute Gasteiger partial charge is 0.396 e. The van der Waals surface area contributed by atoms with Gasteiger partial charge in [-0.25, -0.2) is 0 Å². The monoisotopic (exact) mass is 226 g/mol. The van der Waals surface area contributed by atoms with E-state index in [1.807, 2.05) is 30.9 Å². The van der Waals surface area contributed by atoms with Gasteiger partial charge in [0, 0.05) is 36.8 Å². The number of para-hydroxylation sites is 1. The Hall–Kier alpha value is -2.23. The Morgan fingerprint density at radius 3 is 2.65 bits per heavy atom. The molecule has 0 atom stereocenters. The van der Waals surface area contributed by atoms with Gasteiger partial charge in [0.05, 0.1) is 17.6 Å². The molecule has 0 amide bonds. The topological polar surface area (TPSA) is 48.8 Å². The number of fused-ring (bicyclic) bond motifs is 1. The quantitative estimate of drug-likeness (QED) is 0.691. The van der Waals surface area contributed by atoms with Gasteiger partial charge in [-0.1, -0.05) is 18.2 Å². The first-order chi connectivity index (χ1) is 8.18. The van der Waals surface area contributed by atoms with Gasteiger partial charge in [-0.15, -0.1) is 0 Å². The lowest BCUT2D eigenvalue weighted by Crippen LogP contribution is -1.95. The molecule has 0 aliphatic heterocycles. The second-order valence-corrected chi connectivity index (χ2v) is 4.24. The molecule has 0 bridgehead atoms. The zero-order valence-electron chi connectivity index (χ0n) is 9.88. The van der Waals surface area contributed by atoms with Crippen molar-refractivity contribution in [2.75, 3.05) is 5.73 Å². The van der Waals surface area contributed by atoms with Crippen molar-refractivity contribution in [1.29, 1.82) is 0 Å². The number of nitrogens with two attached hydrogens (primary N) is 1. The van der Waals surface area contributed by atoms with E-state index in [-0.39, 0.29) is 0 Å². The van der Waals surface area contributed by atoms with Gasteiger partial charge in [0.1, 0.15) is 0 Å². The number of anilines is 1. The summed E-state index contributed by atoms with van der Waals surface area (Å²) in [4.78, 5) is 0. The molecule has 0 saturated carbocycles. The number of aryl methyl sites for hydroxylation is 2. The fourth-order valence-electron chi connectivity index (χ4n) is 2.31. The molecule has 86 valence electrons. The Bertz CT molecular complexity index is 671. The molecule has 2 heterocycles. The van der Waals surface area contributed by atoms with Crippen molar-refractivity contribution in [3.05, 3.63) is 36.7 Å². The summed E-state index contributed by atoms with van der Waals surface area (Å²) in [5.74, 6) is 0. The Morgan fingerprint density at radius 2 is 1.94 bits per heavy atom. The van der Waals surface area contributed by atoms with E-state index < -0.39 is 0 Å². The number of nitrogens with zero attached hydrogens (tertiary/aromatic N) is 3. The van der Waals surface area contributed by atoms with E-state index in [0.29, 0.717) is 5.69 Å². The van der Waals surface area contributed by atoms with Crippen LogP contribution >= 0.6 is 0 Å². The maximum absolute atomic E-state index is 5.98. The first-order valence-electron chi connectivity index (χ1n) is 5.50. The third kappa shape index (κ3) is 1.34. The number of hydrogen-bond donors (Lipinski definition) is 1. The highest BCUT2D eigenvalue weighted by Gasteiger charge is 2.14. The molecular weight excluding hydrogens is 212 g/mol. The Balaban J connectivity index is 2.39. The zero-order chi connectivity index (χ0) is 12.0. The second kappa shape index (κ2) is 3.38. The summed E-state index contributed by atoms with van der Waals surface area (Å²) in [7, 11) is 3.95. The van der Waals surface area contributed by atoms with E-state index in [9.17, 15) is 0 Å². The lowest BCUT2D eigenvalue weighted by molar-refractivity contribution is 0.776. The lowest BCUT2D eigenvalue weighted by atomic mass is 10.1. The van der Waals surface area contributed by atoms with Crippen molar-refractivity contribution in [3.8, 4) is 11.3 Å². The molecule has 4 heteroatoms. The highest BCUT2D eigenvalue weighted by Crippen LogP contribution is 2.32. The average molecular weight is 226 g/mol. The predicted molar refractivity (Wildman–Crippen MR) is 69.5 cm³/mol. The Morgan fingerprint density at radius 1 is 1.18 bits per heavy atom. The first kappa shape index (κ1) is 9.96. The van der Waals surface area contributed by atoms with Crippen LogP contribution in [0.3, 0.4) is 0 Å². The molecule has 0 radical (unpaired) electrons. The van der Waals surface area contributed by atoms with Gasteiger partial charge < -0.3 is 10.3 Å². The van der Waals surface area contributed by atoms with Crippen LogP contribution in [0.15, 0.2) is 36.7 Å². The van der Waals surface area contributed by atoms with E-state index in [4.69, 9.17) is 5.73 Å². The molecule has 3 rings (SSSR count). The maximum atomic E-state index is 5.98. The Labute approximate surface area is 99.3 Å². The minimum Gasteiger partial charge on any atom is -0.396 e. The third-order valence-corrected chi connectivity index (χ3v) is 3.12. The van der Waals surface area contributed by atoms with Crippen molar-refractivity contribution in [2.45, 2.75) is 0 Å². The zero-order valence-corrected chi connectivity index (χ0v) is 9.88. The van der Waals surface area contributed by atoms with Crippen LogP contribution in [0.2, 0.25) is 0 Å². The van der Waals surface area contributed by atoms with E-state index >= 15 is 0 Å². The van der Waals surface area contributed by atoms with Crippen LogP contribution in [0.25, 0.3) is 22.2 Å². The summed E-state index contributed by atoms with van der Waals surface area (Å²) < 4.78 is 3.92. The standard InChI is InChI=1S/C13H14N4/c1-16-8-10(9-5-3-4-6-12(9)16)13-11(14)7-15-17(13)2/h3-8H,14H2,1-2H3. The number of benzene rings is 1. The van der Waals surface area contributed by atoms with Crippen LogP contribution in [-0.2, 0) is 14.1 Å². The SMILES string of the molecule is Cn1ncc(N)c1-c1cn(C)c2ccccc12. The molecule has 0 fully saturated rings. The van der Waals surface area contributed by atoms with Gasteiger partial charge in [-0.2, -0.15) is 5.10 Å². The first-order valence-corrected chi connectivity index (χ1v) is 5.50. The summed E-state index contributed by atoms with van der Waals surface area (Å²) in [5.41, 5.74) is 9.99. The summed E-state index contributed by atoms with van der Waals surface area (Å²) in [6, 6.07) is 8.29. The lowest BCUT2D eigenvalue weighted by Gasteiger charge is -2.01. The highest BCUT2D eigenvalue weighted by atomic mass is 15.3. The van der Waals surface area contributed by atoms with Crippen molar-refractivity contribution in [3.63, 3.8) is 0 Å². The van der Waals surface area contributed by atoms with Crippen LogP contribution in [-0.4, -0.2) is 14.3 Å². The van der Waals surface area contributed by atoms with E-state index in [0.717, 1.165) is 11.3 Å². The summed E-state index contributed by atoms with van der Waals surface area (Å²) >= 11 is 0. The van der Waals surface area contributed by atoms with Gasteiger partial charge in [-0.05, 0) is 6.07 Å². The average Bonchev–Trinajstić information content (AvgIpc) is 2.82. The van der Waals surface area contributed by atoms with E-state index in [2.05, 4.69) is 28.0 Å². The van der Waals surface area contributed by atoms with Crippen molar-refractivity contribution < 1.29 is 0 Å². The molecule has 0 saturated heterocycles. The fraction of sp³-hybridized carbons (Fsp3) is 0.154. The molecule has 17 heavy (non-hydrogen) atoms. The highest BCUT2D eigenvalue weighted by molar-refractivity contribution is 5.97. The van der Waals surface area contributed by atoms with E-state index in [1.165, 1.54) is 10.9 Å².